The SMILES string of the molecule is Cc1ccc2c(-c3ccccc3)c(-c3ccccc3)c(-c3ccccc3)c(-c3ccccc3)c2c1C. The quantitative estimate of drug-likeness (QED) is 0.245. The highest BCUT2D eigenvalue weighted by atomic mass is 14.3. The van der Waals surface area contributed by atoms with Gasteiger partial charge in [-0.3, -0.25) is 0 Å². The van der Waals surface area contributed by atoms with Crippen LogP contribution in [0.15, 0.2) is 133 Å². The topological polar surface area (TPSA) is 0 Å². The monoisotopic (exact) mass is 460 g/mol. The molecule has 0 N–H and O–H groups in total. The van der Waals surface area contributed by atoms with Crippen LogP contribution in [0.1, 0.15) is 11.1 Å². The molecular formula is C36H28. The molecule has 6 aromatic carbocycles. The predicted molar refractivity (Wildman–Crippen MR) is 155 cm³/mol. The van der Waals surface area contributed by atoms with Gasteiger partial charge in [-0.1, -0.05) is 133 Å². The van der Waals surface area contributed by atoms with Crippen molar-refractivity contribution < 1.29 is 0 Å². The first-order valence-corrected chi connectivity index (χ1v) is 12.6. The standard InChI is InChI=1S/C36H28/c1-25-23-24-31-32(26(25)2)34(28-17-9-4-10-18-28)36(30-21-13-6-14-22-30)35(29-19-11-5-12-20-29)33(31)27-15-7-3-8-16-27/h3-24H,1-2H3. The van der Waals surface area contributed by atoms with Gasteiger partial charge in [-0.05, 0) is 80.3 Å². The highest BCUT2D eigenvalue weighted by Gasteiger charge is 2.24. The van der Waals surface area contributed by atoms with Crippen molar-refractivity contribution in [1.29, 1.82) is 0 Å². The summed E-state index contributed by atoms with van der Waals surface area (Å²) in [7, 11) is 0. The Balaban J connectivity index is 1.94. The van der Waals surface area contributed by atoms with Crippen molar-refractivity contribution in [3.05, 3.63) is 145 Å². The molecule has 0 aliphatic carbocycles. The number of hydrogen-bond donors (Lipinski definition) is 0. The maximum atomic E-state index is 2.33. The lowest BCUT2D eigenvalue weighted by molar-refractivity contribution is 1.38. The fourth-order valence-electron chi connectivity index (χ4n) is 5.44. The third kappa shape index (κ3) is 3.72. The summed E-state index contributed by atoms with van der Waals surface area (Å²) >= 11 is 0. The molecule has 0 unspecified atom stereocenters. The van der Waals surface area contributed by atoms with Crippen LogP contribution in [0.4, 0.5) is 0 Å². The number of fused-ring (bicyclic) bond motifs is 1. The van der Waals surface area contributed by atoms with Gasteiger partial charge in [-0.25, -0.2) is 0 Å². The average molecular weight is 461 g/mol. The molecular weight excluding hydrogens is 432 g/mol. The van der Waals surface area contributed by atoms with E-state index in [-0.39, 0.29) is 0 Å². The number of aryl methyl sites for hydroxylation is 2. The van der Waals surface area contributed by atoms with E-state index in [9.17, 15) is 0 Å². The first kappa shape index (κ1) is 22.1. The van der Waals surface area contributed by atoms with Gasteiger partial charge in [0, 0.05) is 0 Å². The summed E-state index contributed by atoms with van der Waals surface area (Å²) in [6, 6.07) is 48.1. The third-order valence-corrected chi connectivity index (χ3v) is 7.26. The summed E-state index contributed by atoms with van der Waals surface area (Å²) < 4.78 is 0. The van der Waals surface area contributed by atoms with E-state index >= 15 is 0 Å². The molecule has 0 aromatic heterocycles. The Morgan fingerprint density at radius 2 is 0.694 bits per heavy atom. The molecule has 36 heavy (non-hydrogen) atoms. The van der Waals surface area contributed by atoms with Crippen LogP contribution in [0.2, 0.25) is 0 Å². The van der Waals surface area contributed by atoms with Crippen LogP contribution in [0.5, 0.6) is 0 Å². The van der Waals surface area contributed by atoms with Crippen LogP contribution in [0, 0.1) is 13.8 Å². The second-order valence-corrected chi connectivity index (χ2v) is 9.39. The molecule has 0 amide bonds. The summed E-state index contributed by atoms with van der Waals surface area (Å²) in [6.45, 7) is 4.49. The molecule has 0 bridgehead atoms. The molecule has 0 radical (unpaired) electrons. The van der Waals surface area contributed by atoms with Crippen molar-refractivity contribution in [2.45, 2.75) is 13.8 Å². The van der Waals surface area contributed by atoms with Crippen LogP contribution in [0.3, 0.4) is 0 Å². The Labute approximate surface area is 213 Å². The first-order chi connectivity index (χ1) is 17.7. The van der Waals surface area contributed by atoms with Crippen LogP contribution < -0.4 is 0 Å². The smallest absolute Gasteiger partial charge is 0.00140 e. The highest BCUT2D eigenvalue weighted by molar-refractivity contribution is 6.19. The normalized spacial score (nSPS) is 11.1. The zero-order chi connectivity index (χ0) is 24.5. The van der Waals surface area contributed by atoms with Gasteiger partial charge in [-0.2, -0.15) is 0 Å². The summed E-state index contributed by atoms with van der Waals surface area (Å²) in [5.74, 6) is 0. The molecule has 0 aliphatic heterocycles. The van der Waals surface area contributed by atoms with Gasteiger partial charge in [0.05, 0.1) is 0 Å². The van der Waals surface area contributed by atoms with Gasteiger partial charge in [-0.15, -0.1) is 0 Å². The lowest BCUT2D eigenvalue weighted by atomic mass is 9.77. The number of benzene rings is 6. The number of hydrogen-bond acceptors (Lipinski definition) is 0. The van der Waals surface area contributed by atoms with Crippen molar-refractivity contribution in [3.63, 3.8) is 0 Å². The van der Waals surface area contributed by atoms with E-state index < -0.39 is 0 Å². The van der Waals surface area contributed by atoms with Gasteiger partial charge in [0.1, 0.15) is 0 Å². The van der Waals surface area contributed by atoms with Gasteiger partial charge >= 0.3 is 0 Å². The van der Waals surface area contributed by atoms with Crippen molar-refractivity contribution in [3.8, 4) is 44.5 Å². The fraction of sp³-hybridized carbons (Fsp3) is 0.0556. The largest absolute Gasteiger partial charge is 0.0622 e. The molecule has 0 atom stereocenters. The van der Waals surface area contributed by atoms with Gasteiger partial charge in [0.2, 0.25) is 0 Å². The molecule has 6 aromatic rings. The summed E-state index contributed by atoms with van der Waals surface area (Å²) in [5.41, 5.74) is 12.7. The van der Waals surface area contributed by atoms with Crippen LogP contribution in [-0.2, 0) is 0 Å². The van der Waals surface area contributed by atoms with E-state index in [1.165, 1.54) is 66.4 Å². The Bertz CT molecular complexity index is 1650. The van der Waals surface area contributed by atoms with Crippen molar-refractivity contribution >= 4 is 10.8 Å². The van der Waals surface area contributed by atoms with Crippen LogP contribution in [-0.4, -0.2) is 0 Å². The van der Waals surface area contributed by atoms with E-state index in [0.717, 1.165) is 0 Å². The minimum atomic E-state index is 1.23. The number of rotatable bonds is 4. The summed E-state index contributed by atoms with van der Waals surface area (Å²) in [6.07, 6.45) is 0. The van der Waals surface area contributed by atoms with Crippen LogP contribution in [0.25, 0.3) is 55.3 Å². The second kappa shape index (κ2) is 9.32. The summed E-state index contributed by atoms with van der Waals surface area (Å²) in [5, 5.41) is 2.63. The molecule has 0 nitrogen and oxygen atoms in total. The van der Waals surface area contributed by atoms with Gasteiger partial charge in [0.25, 0.3) is 0 Å². The Hall–Kier alpha value is -4.42. The lowest BCUT2D eigenvalue weighted by Crippen LogP contribution is -1.99. The molecule has 0 spiro atoms. The molecule has 6 rings (SSSR count). The Morgan fingerprint density at radius 3 is 1.14 bits per heavy atom. The Kier molecular flexibility index (Phi) is 5.71. The van der Waals surface area contributed by atoms with E-state index in [4.69, 9.17) is 0 Å². The third-order valence-electron chi connectivity index (χ3n) is 7.26. The fourth-order valence-corrected chi connectivity index (χ4v) is 5.44. The molecule has 0 heterocycles. The molecule has 0 saturated heterocycles. The van der Waals surface area contributed by atoms with Gasteiger partial charge in [0.15, 0.2) is 0 Å². The predicted octanol–water partition coefficient (Wildman–Crippen LogP) is 10.1. The van der Waals surface area contributed by atoms with Crippen molar-refractivity contribution in [2.75, 3.05) is 0 Å². The van der Waals surface area contributed by atoms with E-state index in [0.29, 0.717) is 0 Å². The maximum absolute atomic E-state index is 2.33. The first-order valence-electron chi connectivity index (χ1n) is 12.6. The van der Waals surface area contributed by atoms with E-state index in [1.54, 1.807) is 0 Å². The van der Waals surface area contributed by atoms with Crippen LogP contribution >= 0.6 is 0 Å². The highest BCUT2D eigenvalue weighted by Crippen LogP contribution is 2.51. The van der Waals surface area contributed by atoms with Gasteiger partial charge < -0.3 is 0 Å². The second-order valence-electron chi connectivity index (χ2n) is 9.39. The summed E-state index contributed by atoms with van der Waals surface area (Å²) in [4.78, 5) is 0. The molecule has 0 aliphatic rings. The van der Waals surface area contributed by atoms with E-state index in [2.05, 4.69) is 147 Å². The molecule has 0 fully saturated rings. The minimum Gasteiger partial charge on any atom is -0.0622 e. The Morgan fingerprint density at radius 1 is 0.333 bits per heavy atom. The average Bonchev–Trinajstić information content (AvgIpc) is 2.95. The van der Waals surface area contributed by atoms with Crippen molar-refractivity contribution in [1.82, 2.24) is 0 Å². The zero-order valence-electron chi connectivity index (χ0n) is 20.7. The zero-order valence-corrected chi connectivity index (χ0v) is 20.7. The van der Waals surface area contributed by atoms with Crippen molar-refractivity contribution in [2.24, 2.45) is 0 Å². The molecule has 172 valence electrons. The van der Waals surface area contributed by atoms with E-state index in [1.807, 2.05) is 0 Å². The lowest BCUT2D eigenvalue weighted by Gasteiger charge is -2.25. The minimum absolute atomic E-state index is 1.23. The molecule has 0 heteroatoms. The molecule has 0 saturated carbocycles. The maximum Gasteiger partial charge on any atom is -0.00140 e.